The van der Waals surface area contributed by atoms with Crippen molar-refractivity contribution in [2.45, 2.75) is 13.8 Å². The van der Waals surface area contributed by atoms with Crippen LogP contribution in [0.1, 0.15) is 13.8 Å². The van der Waals surface area contributed by atoms with E-state index in [1.54, 1.807) is 6.92 Å². The summed E-state index contributed by atoms with van der Waals surface area (Å²) in [5.74, 6) is 1.21. The van der Waals surface area contributed by atoms with Crippen LogP contribution in [-0.4, -0.2) is 16.9 Å². The third-order valence-electron chi connectivity index (χ3n) is 5.29. The van der Waals surface area contributed by atoms with Gasteiger partial charge in [0.2, 0.25) is 0 Å². The molecule has 2 fully saturated rings. The van der Waals surface area contributed by atoms with Gasteiger partial charge in [0.15, 0.2) is 5.78 Å². The first-order valence-electron chi connectivity index (χ1n) is 10.0. The second-order valence-electron chi connectivity index (χ2n) is 7.21. The van der Waals surface area contributed by atoms with Crippen LogP contribution >= 0.6 is 6.89 Å². The van der Waals surface area contributed by atoms with E-state index in [1.807, 2.05) is 75.4 Å². The third-order valence-corrected chi connectivity index (χ3v) is 9.60. The quantitative estimate of drug-likeness (QED) is 0.482. The van der Waals surface area contributed by atoms with E-state index in [9.17, 15) is 4.79 Å². The standard InChI is InChI=1S/C22H19NOP.C5H5.Fe/c1-16-20-14-9-15-21(20)25(22(23-16)17(2)24,18-10-5-3-6-11-18)19-12-7-4-8-13-19;1-2-4-5-3-1;/h3-15H,1-2H3;1-5H;. The van der Waals surface area contributed by atoms with Crippen LogP contribution in [-0.2, 0) is 21.9 Å². The van der Waals surface area contributed by atoms with Gasteiger partial charge in [0.05, 0.1) is 0 Å². The Bertz CT molecular complexity index is 912. The van der Waals surface area contributed by atoms with E-state index in [4.69, 9.17) is 4.99 Å². The van der Waals surface area contributed by atoms with Crippen molar-refractivity contribution in [1.82, 2.24) is 0 Å². The summed E-state index contributed by atoms with van der Waals surface area (Å²) in [6, 6.07) is 20.8. The Hall–Kier alpha value is -1.40. The van der Waals surface area contributed by atoms with Crippen molar-refractivity contribution in [2.75, 3.05) is 0 Å². The summed E-state index contributed by atoms with van der Waals surface area (Å²) in [5, 5.41) is 2.35. The van der Waals surface area contributed by atoms with Gasteiger partial charge in [-0.05, 0) is 75.8 Å². The Morgan fingerprint density at radius 1 is 0.742 bits per heavy atom. The van der Waals surface area contributed by atoms with Crippen molar-refractivity contribution >= 4 is 34.4 Å². The number of benzene rings is 2. The van der Waals surface area contributed by atoms with Crippen molar-refractivity contribution in [3.8, 4) is 0 Å². The first-order chi connectivity index (χ1) is 14.7. The maximum Gasteiger partial charge on any atom is 0.178 e. The Morgan fingerprint density at radius 3 is 1.68 bits per heavy atom. The average Bonchev–Trinajstić information content (AvgIpc) is 3.51. The Morgan fingerprint density at radius 2 is 1.23 bits per heavy atom. The molecule has 4 heteroatoms. The monoisotopic (exact) mass is 465 g/mol. The summed E-state index contributed by atoms with van der Waals surface area (Å²) in [4.78, 5) is 17.6. The van der Waals surface area contributed by atoms with Gasteiger partial charge >= 0.3 is 0 Å². The number of rotatable bonds is 3. The molecule has 0 aromatic heterocycles. The smallest absolute Gasteiger partial charge is 0.178 e. The number of carbonyl (C=O) groups excluding carboxylic acids is 1. The van der Waals surface area contributed by atoms with Crippen molar-refractivity contribution in [2.24, 2.45) is 4.99 Å². The van der Waals surface area contributed by atoms with Gasteiger partial charge in [-0.2, -0.15) is 0 Å². The predicted molar refractivity (Wildman–Crippen MR) is 129 cm³/mol. The molecule has 2 saturated carbocycles. The molecule has 2 aliphatic carbocycles. The molecule has 1 aliphatic heterocycles. The van der Waals surface area contributed by atoms with Crippen LogP contribution in [0, 0.1) is 62.9 Å². The van der Waals surface area contributed by atoms with E-state index < -0.39 is 6.89 Å². The zero-order valence-corrected chi connectivity index (χ0v) is 19.5. The summed E-state index contributed by atoms with van der Waals surface area (Å²) in [7, 11) is 0. The molecule has 0 amide bonds. The summed E-state index contributed by atoms with van der Waals surface area (Å²) in [6.45, 7) is 1.37. The number of aliphatic imine (C=N–C) groups is 1. The summed E-state index contributed by atoms with van der Waals surface area (Å²) < 4.78 is 0. The maximum atomic E-state index is 12.7. The number of hydrogen-bond donors (Lipinski definition) is 0. The van der Waals surface area contributed by atoms with E-state index in [0.29, 0.717) is 5.42 Å². The van der Waals surface area contributed by atoms with Crippen molar-refractivity contribution in [3.05, 3.63) is 124 Å². The van der Waals surface area contributed by atoms with Crippen LogP contribution in [0.5, 0.6) is 0 Å². The average molecular weight is 465 g/mol. The van der Waals surface area contributed by atoms with Crippen LogP contribution in [0.15, 0.2) is 65.7 Å². The molecule has 1 heterocycles. The van der Waals surface area contributed by atoms with Gasteiger partial charge < -0.3 is 0 Å². The second kappa shape index (κ2) is 11.0. The molecule has 2 aromatic rings. The van der Waals surface area contributed by atoms with Crippen LogP contribution < -0.4 is 10.6 Å². The van der Waals surface area contributed by atoms with Gasteiger partial charge in [-0.15, -0.1) is 0 Å². The Balaban J connectivity index is 0.000000401. The molecule has 0 saturated heterocycles. The SMILES string of the molecule is CC(=O)C1=P(c2ccccc2)(c2ccccc2)[C]2[CH][CH][CH][C]2C(C)=N1.[CH]1[CH][CH][CH][CH]1.[Fe]. The minimum Gasteiger partial charge on any atom is -0.293 e. The van der Waals surface area contributed by atoms with Crippen LogP contribution in [0.25, 0.3) is 0 Å². The molecule has 5 rings (SSSR count). The number of carbonyl (C=O) groups is 1. The largest absolute Gasteiger partial charge is 0.293 e. The first kappa shape index (κ1) is 24.2. The molecule has 0 atom stereocenters. The number of ketones is 1. The van der Waals surface area contributed by atoms with E-state index >= 15 is 0 Å². The molecule has 0 bridgehead atoms. The zero-order valence-electron chi connectivity index (χ0n) is 17.5. The van der Waals surface area contributed by atoms with Gasteiger partial charge in [-0.1, -0.05) is 60.7 Å². The number of hydrogen-bond acceptors (Lipinski definition) is 2. The predicted octanol–water partition coefficient (Wildman–Crippen LogP) is 4.60. The molecule has 0 unspecified atom stereocenters. The molecule has 31 heavy (non-hydrogen) atoms. The zero-order chi connectivity index (χ0) is 21.0. The molecular formula is C27H24FeNOP. The second-order valence-corrected chi connectivity index (χ2v) is 10.5. The van der Waals surface area contributed by atoms with Gasteiger partial charge in [-0.25, -0.2) is 0 Å². The summed E-state index contributed by atoms with van der Waals surface area (Å²) in [6.07, 6.45) is 16.4. The first-order valence-corrected chi connectivity index (χ1v) is 11.8. The molecular weight excluding hydrogens is 441 g/mol. The molecule has 10 radical (unpaired) electrons. The topological polar surface area (TPSA) is 29.4 Å². The van der Waals surface area contributed by atoms with Crippen molar-refractivity contribution < 1.29 is 21.9 Å². The normalized spacial score (nSPS) is 20.2. The van der Waals surface area contributed by atoms with Gasteiger partial charge in [0, 0.05) is 41.3 Å². The van der Waals surface area contributed by atoms with Crippen molar-refractivity contribution in [3.63, 3.8) is 0 Å². The summed E-state index contributed by atoms with van der Waals surface area (Å²) >= 11 is 0. The van der Waals surface area contributed by atoms with Gasteiger partial charge in [0.1, 0.15) is 5.42 Å². The van der Waals surface area contributed by atoms with Crippen molar-refractivity contribution in [1.29, 1.82) is 0 Å². The fourth-order valence-electron chi connectivity index (χ4n) is 4.03. The van der Waals surface area contributed by atoms with Crippen LogP contribution in [0.2, 0.25) is 0 Å². The number of Topliss-reactive ketones (excluding diaryl/α,β-unsaturated/α-hetero) is 1. The third kappa shape index (κ3) is 4.70. The number of nitrogens with zero attached hydrogens (tertiary/aromatic N) is 1. The summed E-state index contributed by atoms with van der Waals surface area (Å²) in [5.41, 5.74) is 2.86. The maximum absolute atomic E-state index is 12.7. The Labute approximate surface area is 198 Å². The molecule has 3 aliphatic rings. The van der Waals surface area contributed by atoms with E-state index in [0.717, 1.165) is 11.6 Å². The van der Waals surface area contributed by atoms with E-state index in [1.165, 1.54) is 16.3 Å². The fourth-order valence-corrected chi connectivity index (χ4v) is 8.52. The molecule has 2 aromatic carbocycles. The molecule has 0 N–H and O–H groups in total. The van der Waals surface area contributed by atoms with Gasteiger partial charge in [0.25, 0.3) is 0 Å². The van der Waals surface area contributed by atoms with Crippen LogP contribution in [0.3, 0.4) is 0 Å². The fraction of sp³-hybridized carbons (Fsp3) is 0.0741. The molecule has 0 spiro atoms. The van der Waals surface area contributed by atoms with E-state index in [2.05, 4.69) is 43.5 Å². The minimum atomic E-state index is -2.26. The minimum absolute atomic E-state index is 0. The molecule has 156 valence electrons. The molecule has 2 nitrogen and oxygen atoms in total. The van der Waals surface area contributed by atoms with Gasteiger partial charge in [-0.3, -0.25) is 9.79 Å². The van der Waals surface area contributed by atoms with E-state index in [-0.39, 0.29) is 22.9 Å². The van der Waals surface area contributed by atoms with Crippen LogP contribution in [0.4, 0.5) is 0 Å². The Kier molecular flexibility index (Phi) is 8.57. The number of fused-ring (bicyclic) bond motifs is 1.